The van der Waals surface area contributed by atoms with E-state index in [1.54, 1.807) is 17.2 Å². The molecule has 1 aromatic heterocycles. The summed E-state index contributed by atoms with van der Waals surface area (Å²) in [7, 11) is -3.21. The van der Waals surface area contributed by atoms with E-state index in [2.05, 4.69) is 14.9 Å². The lowest BCUT2D eigenvalue weighted by Crippen LogP contribution is -2.54. The maximum atomic E-state index is 12.3. The molecule has 23 heavy (non-hydrogen) atoms. The first-order valence-corrected chi connectivity index (χ1v) is 9.66. The molecule has 3 heterocycles. The average Bonchev–Trinajstić information content (AvgIpc) is 3.00. The number of hydrogen-bond acceptors (Lipinski definition) is 5. The zero-order chi connectivity index (χ0) is 16.5. The number of likely N-dealkylation sites (tertiary alicyclic amines) is 1. The van der Waals surface area contributed by atoms with Crippen molar-refractivity contribution < 1.29 is 17.9 Å². The molecule has 2 saturated heterocycles. The second-order valence-corrected chi connectivity index (χ2v) is 8.15. The largest absolute Gasteiger partial charge is 0.375 e. The Balaban J connectivity index is 1.60. The summed E-state index contributed by atoms with van der Waals surface area (Å²) < 4.78 is 31.5. The zero-order valence-corrected chi connectivity index (χ0v) is 13.9. The average molecular weight is 342 g/mol. The molecule has 0 saturated carbocycles. The third kappa shape index (κ3) is 3.91. The van der Waals surface area contributed by atoms with Crippen LogP contribution in [0.1, 0.15) is 36.2 Å². The zero-order valence-electron chi connectivity index (χ0n) is 13.1. The van der Waals surface area contributed by atoms with Crippen LogP contribution in [0.2, 0.25) is 0 Å². The monoisotopic (exact) mass is 342 g/mol. The molecule has 1 aromatic rings. The fourth-order valence-corrected chi connectivity index (χ4v) is 4.25. The maximum Gasteiger partial charge on any atom is 0.271 e. The van der Waals surface area contributed by atoms with E-state index in [1.165, 1.54) is 6.26 Å². The molecule has 2 aliphatic heterocycles. The van der Waals surface area contributed by atoms with E-state index in [1.807, 2.05) is 0 Å². The molecule has 2 N–H and O–H groups in total. The summed E-state index contributed by atoms with van der Waals surface area (Å²) in [4.78, 5) is 14.1. The van der Waals surface area contributed by atoms with E-state index in [0.717, 1.165) is 12.8 Å². The third-order valence-corrected chi connectivity index (χ3v) is 5.33. The molecule has 0 radical (unpaired) electrons. The highest BCUT2D eigenvalue weighted by Crippen LogP contribution is 2.35. The molecule has 8 nitrogen and oxygen atoms in total. The van der Waals surface area contributed by atoms with Gasteiger partial charge in [-0.15, -0.1) is 0 Å². The van der Waals surface area contributed by atoms with Crippen molar-refractivity contribution in [2.45, 2.75) is 37.3 Å². The van der Waals surface area contributed by atoms with Gasteiger partial charge in [0.25, 0.3) is 5.91 Å². The van der Waals surface area contributed by atoms with Crippen LogP contribution >= 0.6 is 0 Å². The van der Waals surface area contributed by atoms with Crippen molar-refractivity contribution in [3.63, 3.8) is 0 Å². The summed E-state index contributed by atoms with van der Waals surface area (Å²) in [6.07, 6.45) is 5.52. The van der Waals surface area contributed by atoms with Gasteiger partial charge in [0, 0.05) is 31.9 Å². The maximum absolute atomic E-state index is 12.3. The molecule has 128 valence electrons. The Kier molecular flexibility index (Phi) is 4.43. The highest BCUT2D eigenvalue weighted by atomic mass is 32.2. The topological polar surface area (TPSA) is 104 Å². The highest BCUT2D eigenvalue weighted by molar-refractivity contribution is 7.88. The van der Waals surface area contributed by atoms with E-state index in [0.29, 0.717) is 38.2 Å². The van der Waals surface area contributed by atoms with Gasteiger partial charge in [-0.25, -0.2) is 13.1 Å². The number of H-pyrrole nitrogens is 1. The number of carbonyl (C=O) groups is 1. The van der Waals surface area contributed by atoms with Gasteiger partial charge < -0.3 is 9.64 Å². The van der Waals surface area contributed by atoms with Gasteiger partial charge in [-0.2, -0.15) is 5.10 Å². The number of rotatable bonds is 3. The van der Waals surface area contributed by atoms with Crippen molar-refractivity contribution in [2.75, 3.05) is 26.0 Å². The van der Waals surface area contributed by atoms with Crippen LogP contribution < -0.4 is 4.72 Å². The Morgan fingerprint density at radius 2 is 2.22 bits per heavy atom. The normalized spacial score (nSPS) is 24.7. The van der Waals surface area contributed by atoms with Gasteiger partial charge in [0.2, 0.25) is 10.0 Å². The lowest BCUT2D eigenvalue weighted by atomic mass is 9.82. The molecule has 1 amide bonds. The minimum Gasteiger partial charge on any atom is -0.375 e. The van der Waals surface area contributed by atoms with Crippen molar-refractivity contribution in [3.8, 4) is 0 Å². The lowest BCUT2D eigenvalue weighted by Gasteiger charge is -2.46. The van der Waals surface area contributed by atoms with E-state index in [9.17, 15) is 13.2 Å². The second kappa shape index (κ2) is 6.21. The van der Waals surface area contributed by atoms with Crippen LogP contribution in [-0.4, -0.2) is 67.0 Å². The third-order valence-electron chi connectivity index (χ3n) is 4.57. The van der Waals surface area contributed by atoms with Crippen molar-refractivity contribution in [3.05, 3.63) is 18.0 Å². The number of aromatic nitrogens is 2. The smallest absolute Gasteiger partial charge is 0.271 e. The first-order valence-electron chi connectivity index (χ1n) is 7.77. The van der Waals surface area contributed by atoms with Crippen LogP contribution in [0, 0.1) is 0 Å². The van der Waals surface area contributed by atoms with E-state index >= 15 is 0 Å². The summed E-state index contributed by atoms with van der Waals surface area (Å²) in [5, 5.41) is 6.49. The molecule has 1 unspecified atom stereocenters. The number of hydrogen-bond donors (Lipinski definition) is 2. The fraction of sp³-hybridized carbons (Fsp3) is 0.714. The van der Waals surface area contributed by atoms with E-state index < -0.39 is 10.0 Å². The van der Waals surface area contributed by atoms with Crippen LogP contribution in [-0.2, 0) is 14.8 Å². The van der Waals surface area contributed by atoms with Crippen molar-refractivity contribution in [1.29, 1.82) is 0 Å². The van der Waals surface area contributed by atoms with Gasteiger partial charge in [-0.05, 0) is 31.7 Å². The van der Waals surface area contributed by atoms with Crippen LogP contribution in [0.3, 0.4) is 0 Å². The molecule has 0 bridgehead atoms. The Morgan fingerprint density at radius 1 is 1.48 bits per heavy atom. The van der Waals surface area contributed by atoms with Gasteiger partial charge in [-0.3, -0.25) is 9.89 Å². The number of ether oxygens (including phenoxy) is 1. The summed E-state index contributed by atoms with van der Waals surface area (Å²) >= 11 is 0. The number of nitrogens with one attached hydrogen (secondary N) is 2. The lowest BCUT2D eigenvalue weighted by molar-refractivity contribution is -0.113. The second-order valence-electron chi connectivity index (χ2n) is 6.37. The highest BCUT2D eigenvalue weighted by Gasteiger charge is 2.41. The first-order chi connectivity index (χ1) is 10.9. The predicted molar refractivity (Wildman–Crippen MR) is 83.4 cm³/mol. The van der Waals surface area contributed by atoms with Crippen molar-refractivity contribution in [2.24, 2.45) is 0 Å². The van der Waals surface area contributed by atoms with Gasteiger partial charge >= 0.3 is 0 Å². The molecule has 2 aliphatic rings. The van der Waals surface area contributed by atoms with Crippen LogP contribution in [0.25, 0.3) is 0 Å². The van der Waals surface area contributed by atoms with E-state index in [4.69, 9.17) is 4.74 Å². The summed E-state index contributed by atoms with van der Waals surface area (Å²) in [6, 6.07) is 1.57. The molecule has 3 rings (SSSR count). The predicted octanol–water partition coefficient (Wildman–Crippen LogP) is 0.113. The minimum atomic E-state index is -3.21. The Morgan fingerprint density at radius 3 is 2.83 bits per heavy atom. The van der Waals surface area contributed by atoms with Gasteiger partial charge in [0.1, 0.15) is 5.69 Å². The van der Waals surface area contributed by atoms with Gasteiger partial charge in [0.05, 0.1) is 11.9 Å². The quantitative estimate of drug-likeness (QED) is 0.811. The molecule has 1 spiro atoms. The number of aromatic amines is 1. The molecular weight excluding hydrogens is 320 g/mol. The minimum absolute atomic E-state index is 0.0565. The Labute approximate surface area is 135 Å². The molecular formula is C14H22N4O4S. The number of nitrogens with zero attached hydrogens (tertiary/aromatic N) is 2. The molecule has 0 aromatic carbocycles. The molecule has 9 heteroatoms. The Hall–Kier alpha value is -1.45. The van der Waals surface area contributed by atoms with Crippen LogP contribution in [0.15, 0.2) is 12.3 Å². The number of amides is 1. The summed E-state index contributed by atoms with van der Waals surface area (Å²) in [5.41, 5.74) is 0.160. The van der Waals surface area contributed by atoms with Crippen LogP contribution in [0.5, 0.6) is 0 Å². The summed E-state index contributed by atoms with van der Waals surface area (Å²) in [6.45, 7) is 1.74. The number of carbonyl (C=O) groups excluding carboxylic acids is 1. The number of sulfonamides is 1. The standard InChI is InChI=1S/C14H22N4O4S/c1-23(20,21)17-11-3-9-22-14(10-11)4-7-18(8-5-14)13(19)12-2-6-15-16-12/h2,6,11,17H,3-5,7-10H2,1H3,(H,15,16). The molecule has 2 fully saturated rings. The fourth-order valence-electron chi connectivity index (χ4n) is 3.44. The Bertz CT molecular complexity index is 650. The first kappa shape index (κ1) is 16.4. The van der Waals surface area contributed by atoms with Crippen molar-refractivity contribution >= 4 is 15.9 Å². The SMILES string of the molecule is CS(=O)(=O)NC1CCOC2(CCN(C(=O)c3ccn[nH]3)CC2)C1. The molecule has 0 aliphatic carbocycles. The van der Waals surface area contributed by atoms with Crippen LogP contribution in [0.4, 0.5) is 0 Å². The summed E-state index contributed by atoms with van der Waals surface area (Å²) in [5.74, 6) is -0.0565. The van der Waals surface area contributed by atoms with Crippen molar-refractivity contribution in [1.82, 2.24) is 19.8 Å². The van der Waals surface area contributed by atoms with E-state index in [-0.39, 0.29) is 17.6 Å². The van der Waals surface area contributed by atoms with Gasteiger partial charge in [-0.1, -0.05) is 0 Å². The number of piperidine rings is 1. The van der Waals surface area contributed by atoms with Gasteiger partial charge in [0.15, 0.2) is 0 Å². The molecule has 1 atom stereocenters.